The molecule has 0 saturated heterocycles. The average Bonchev–Trinajstić information content (AvgIpc) is 3.02. The molecule has 0 unspecified atom stereocenters. The summed E-state index contributed by atoms with van der Waals surface area (Å²) in [5.74, 6) is -1.20. The molecule has 3 rings (SSSR count). The Labute approximate surface area is 265 Å². The van der Waals surface area contributed by atoms with E-state index in [4.69, 9.17) is 46.4 Å². The van der Waals surface area contributed by atoms with Crippen molar-refractivity contribution in [1.29, 1.82) is 0 Å². The number of halogens is 4. The van der Waals surface area contributed by atoms with E-state index >= 15 is 0 Å². The van der Waals surface area contributed by atoms with Crippen LogP contribution in [0.1, 0.15) is 11.1 Å². The molecule has 1 N–H and O–H groups in total. The number of imide groups is 1. The Hall–Kier alpha value is -0.677. The molecule has 1 heterocycles. The second-order valence-corrected chi connectivity index (χ2v) is 10.7. The molecule has 2 aromatic rings. The zero-order valence-corrected chi connectivity index (χ0v) is 28.8. The minimum atomic E-state index is -0.601. The molecule has 0 atom stereocenters. The maximum Gasteiger partial charge on any atom is 2.00 e. The first kappa shape index (κ1) is 35.3. The van der Waals surface area contributed by atoms with E-state index in [0.717, 1.165) is 0 Å². The summed E-state index contributed by atoms with van der Waals surface area (Å²) >= 11 is 43.0. The summed E-state index contributed by atoms with van der Waals surface area (Å²) in [6.45, 7) is 0. The van der Waals surface area contributed by atoms with Crippen LogP contribution in [-0.2, 0) is 54.3 Å². The van der Waals surface area contributed by atoms with Crippen molar-refractivity contribution in [2.45, 2.75) is 0 Å². The summed E-state index contributed by atoms with van der Waals surface area (Å²) in [6, 6.07) is 9.61. The Bertz CT molecular complexity index is 1060. The van der Waals surface area contributed by atoms with E-state index in [0.29, 0.717) is 8.64 Å². The van der Waals surface area contributed by atoms with Gasteiger partial charge in [-0.1, -0.05) is 67.2 Å². The summed E-state index contributed by atoms with van der Waals surface area (Å²) in [5.41, 5.74) is 0.650. The zero-order valence-electron chi connectivity index (χ0n) is 19.5. The number of rotatable bonds is 2. The van der Waals surface area contributed by atoms with Crippen molar-refractivity contribution < 1.29 is 29.1 Å². The van der Waals surface area contributed by atoms with Gasteiger partial charge in [0.2, 0.25) is 0 Å². The van der Waals surface area contributed by atoms with Crippen molar-refractivity contribution in [3.8, 4) is 0 Å². The molecule has 0 saturated carbocycles. The Morgan fingerprint density at radius 2 is 0.917 bits per heavy atom. The van der Waals surface area contributed by atoms with Gasteiger partial charge in [-0.05, 0) is 24.3 Å². The van der Waals surface area contributed by atoms with E-state index in [9.17, 15) is 9.59 Å². The van der Waals surface area contributed by atoms with Gasteiger partial charge in [0.15, 0.2) is 0 Å². The molecule has 0 spiro atoms. The first-order valence-electron chi connectivity index (χ1n) is 9.45. The second-order valence-electron chi connectivity index (χ2n) is 7.05. The number of hydrogen-bond donors (Lipinski definition) is 1. The molecule has 0 aromatic heterocycles. The first-order valence-corrected chi connectivity index (χ1v) is 12.6. The van der Waals surface area contributed by atoms with E-state index in [-0.39, 0.29) is 61.8 Å². The van der Waals surface area contributed by atoms with Crippen LogP contribution in [0.3, 0.4) is 0 Å². The van der Waals surface area contributed by atoms with Gasteiger partial charge in [-0.25, -0.2) is 0 Å². The molecule has 0 radical (unpaired) electrons. The van der Waals surface area contributed by atoms with E-state index in [1.807, 2.05) is 28.2 Å². The Kier molecular flexibility index (Phi) is 16.0. The van der Waals surface area contributed by atoms with Gasteiger partial charge in [-0.2, -0.15) is 0 Å². The minimum absolute atomic E-state index is 0. The van der Waals surface area contributed by atoms with E-state index < -0.39 is 11.8 Å². The Morgan fingerprint density at radius 3 is 1.11 bits per heavy atom. The molecule has 14 heteroatoms. The molecular formula is C22H19Cl4N3O2S4Zn. The maximum absolute atomic E-state index is 12.3. The summed E-state index contributed by atoms with van der Waals surface area (Å²) in [7, 11) is 7.31. The van der Waals surface area contributed by atoms with Gasteiger partial charge in [-0.3, -0.25) is 14.9 Å². The summed E-state index contributed by atoms with van der Waals surface area (Å²) in [6.07, 6.45) is 0. The fourth-order valence-electron chi connectivity index (χ4n) is 2.41. The number of nitrogens with one attached hydrogen (secondary N) is 1. The van der Waals surface area contributed by atoms with Gasteiger partial charge in [0.1, 0.15) is 0 Å². The van der Waals surface area contributed by atoms with Crippen LogP contribution in [0.4, 0.5) is 0 Å². The Balaban J connectivity index is 0.000000790. The smallest absolute Gasteiger partial charge is 0.411 e. The van der Waals surface area contributed by atoms with Crippen LogP contribution in [0.15, 0.2) is 36.4 Å². The Morgan fingerprint density at radius 1 is 0.694 bits per heavy atom. The van der Waals surface area contributed by atoms with Crippen molar-refractivity contribution in [2.24, 2.45) is 0 Å². The van der Waals surface area contributed by atoms with Gasteiger partial charge in [-0.15, -0.1) is 0 Å². The van der Waals surface area contributed by atoms with Crippen molar-refractivity contribution in [3.63, 3.8) is 0 Å². The molecule has 0 fully saturated rings. The summed E-state index contributed by atoms with van der Waals surface area (Å²) < 4.78 is 1.02. The fraction of sp³-hybridized carbons (Fsp3) is 0.182. The van der Waals surface area contributed by atoms with E-state index in [1.54, 1.807) is 46.2 Å². The zero-order chi connectivity index (χ0) is 27.0. The quantitative estimate of drug-likeness (QED) is 0.189. The van der Waals surface area contributed by atoms with Crippen molar-refractivity contribution >= 4 is 128 Å². The summed E-state index contributed by atoms with van der Waals surface area (Å²) in [5, 5.41) is 3.23. The van der Waals surface area contributed by atoms with Crippen LogP contribution in [-0.4, -0.2) is 58.4 Å². The first-order chi connectivity index (χ1) is 16.2. The number of carbonyl (C=O) groups excluding carboxylic acids is 2. The third kappa shape index (κ3) is 9.89. The fourth-order valence-corrected chi connectivity index (χ4v) is 3.58. The molecule has 5 nitrogen and oxygen atoms in total. The van der Waals surface area contributed by atoms with Crippen LogP contribution >= 0.6 is 70.8 Å². The second kappa shape index (κ2) is 16.3. The molecule has 1 aliphatic heterocycles. The molecule has 188 valence electrons. The predicted octanol–water partition coefficient (Wildman–Crippen LogP) is 5.62. The van der Waals surface area contributed by atoms with Crippen LogP contribution in [0.2, 0.25) is 20.1 Å². The van der Waals surface area contributed by atoms with Gasteiger partial charge < -0.3 is 59.5 Å². The topological polar surface area (TPSA) is 52.6 Å². The standard InChI is InChI=1S/C16H7Cl4NO2.2C3H7NS2.Zn/c17-7-3-1-4-8(18)11(7)13-14(16(23)21-15(13)22)12-9(19)5-2-6-10(12)20;2*1-4(2)3(5)6;/h1-6H,(H,21,22,23);2*1-2H3,(H,5,6);/q;;;+2/p-2. The van der Waals surface area contributed by atoms with Crippen LogP contribution in [0.25, 0.3) is 11.1 Å². The third-order valence-electron chi connectivity index (χ3n) is 4.09. The van der Waals surface area contributed by atoms with Crippen molar-refractivity contribution in [3.05, 3.63) is 67.6 Å². The number of carbonyl (C=O) groups is 2. The van der Waals surface area contributed by atoms with Crippen LogP contribution in [0.5, 0.6) is 0 Å². The average molecular weight is 693 g/mol. The minimum Gasteiger partial charge on any atom is -0.411 e. The van der Waals surface area contributed by atoms with Gasteiger partial charge in [0.25, 0.3) is 11.8 Å². The van der Waals surface area contributed by atoms with E-state index in [2.05, 4.69) is 55.0 Å². The predicted molar refractivity (Wildman–Crippen MR) is 160 cm³/mol. The number of benzene rings is 2. The van der Waals surface area contributed by atoms with Gasteiger partial charge in [0, 0.05) is 39.3 Å². The van der Waals surface area contributed by atoms with Crippen molar-refractivity contribution in [2.75, 3.05) is 28.2 Å². The molecule has 36 heavy (non-hydrogen) atoms. The number of nitrogens with zero attached hydrogens (tertiary/aromatic N) is 2. The number of hydrogen-bond acceptors (Lipinski definition) is 6. The molecule has 0 bridgehead atoms. The molecular weight excluding hydrogens is 674 g/mol. The molecule has 2 aromatic carbocycles. The summed E-state index contributed by atoms with van der Waals surface area (Å²) in [4.78, 5) is 28.0. The monoisotopic (exact) mass is 689 g/mol. The van der Waals surface area contributed by atoms with E-state index in [1.165, 1.54) is 0 Å². The molecule has 2 amide bonds. The largest absolute Gasteiger partial charge is 2.00 e. The van der Waals surface area contributed by atoms with Gasteiger partial charge in [0.05, 0.1) is 31.2 Å². The third-order valence-corrected chi connectivity index (χ3v) is 6.81. The van der Waals surface area contributed by atoms with Gasteiger partial charge >= 0.3 is 19.5 Å². The van der Waals surface area contributed by atoms with Crippen molar-refractivity contribution in [1.82, 2.24) is 15.1 Å². The number of amides is 2. The molecule has 0 aliphatic carbocycles. The van der Waals surface area contributed by atoms with Crippen LogP contribution < -0.4 is 5.32 Å². The SMILES string of the molecule is CN(C)C(=S)[S-].CN(C)C(=S)[S-].O=C1NC(=O)C(c2c(Cl)cccc2Cl)=C1c1c(Cl)cccc1Cl.[Zn+2]. The maximum atomic E-state index is 12.3. The number of thiocarbonyl (C=S) groups is 2. The molecule has 1 aliphatic rings. The normalized spacial score (nSPS) is 11.8. The van der Waals surface area contributed by atoms with Crippen LogP contribution in [0, 0.1) is 0 Å².